The average Bonchev–Trinajstić information content (AvgIpc) is 3.35. The number of hydrogen-bond donors (Lipinski definition) is 0. The molecule has 31 heavy (non-hydrogen) atoms. The van der Waals surface area contributed by atoms with Gasteiger partial charge in [0, 0.05) is 38.1 Å². The molecule has 2 fully saturated rings. The summed E-state index contributed by atoms with van der Waals surface area (Å²) in [5, 5.41) is 3.91. The Kier molecular flexibility index (Phi) is 5.90. The second kappa shape index (κ2) is 8.95. The zero-order chi connectivity index (χ0) is 21.1. The Balaban J connectivity index is 1.33. The summed E-state index contributed by atoms with van der Waals surface area (Å²) in [7, 11) is 0. The van der Waals surface area contributed by atoms with Crippen molar-refractivity contribution in [3.8, 4) is 0 Å². The van der Waals surface area contributed by atoms with Gasteiger partial charge in [0.2, 0.25) is 0 Å². The number of ether oxygens (including phenoxy) is 1. The van der Waals surface area contributed by atoms with Crippen LogP contribution in [0.3, 0.4) is 0 Å². The molecule has 4 nitrogen and oxygen atoms in total. The summed E-state index contributed by atoms with van der Waals surface area (Å²) in [4.78, 5) is 17.3. The molecule has 0 bridgehead atoms. The van der Waals surface area contributed by atoms with E-state index in [1.165, 1.54) is 11.1 Å². The first-order valence-electron chi connectivity index (χ1n) is 11.0. The lowest BCUT2D eigenvalue weighted by Gasteiger charge is -2.50. The summed E-state index contributed by atoms with van der Waals surface area (Å²) in [5.41, 5.74) is 3.16. The predicted octanol–water partition coefficient (Wildman–Crippen LogP) is 5.00. The van der Waals surface area contributed by atoms with Gasteiger partial charge in [-0.1, -0.05) is 60.7 Å². The Morgan fingerprint density at radius 3 is 2.39 bits per heavy atom. The molecule has 3 aromatic rings. The highest BCUT2D eigenvalue weighted by Crippen LogP contribution is 2.38. The fourth-order valence-electron chi connectivity index (χ4n) is 4.85. The maximum atomic E-state index is 12.8. The molecule has 5 heteroatoms. The summed E-state index contributed by atoms with van der Waals surface area (Å²) in [6, 6.07) is 23.1. The Hall–Kier alpha value is -2.47. The number of amides is 1. The van der Waals surface area contributed by atoms with E-state index in [-0.39, 0.29) is 17.6 Å². The van der Waals surface area contributed by atoms with Crippen molar-refractivity contribution in [1.29, 1.82) is 0 Å². The molecule has 2 aromatic carbocycles. The minimum atomic E-state index is -0.209. The molecule has 0 aliphatic carbocycles. The first-order chi connectivity index (χ1) is 15.2. The average molecular weight is 433 g/mol. The Bertz CT molecular complexity index is 983. The lowest BCUT2D eigenvalue weighted by atomic mass is 9.87. The summed E-state index contributed by atoms with van der Waals surface area (Å²) in [5.74, 6) is 0.146. The van der Waals surface area contributed by atoms with Gasteiger partial charge in [-0.3, -0.25) is 9.69 Å². The van der Waals surface area contributed by atoms with Gasteiger partial charge >= 0.3 is 0 Å². The molecule has 0 radical (unpaired) electrons. The van der Waals surface area contributed by atoms with Crippen LogP contribution in [0.15, 0.2) is 77.5 Å². The third kappa shape index (κ3) is 4.59. The van der Waals surface area contributed by atoms with Crippen LogP contribution in [0, 0.1) is 0 Å². The molecule has 0 saturated carbocycles. The van der Waals surface area contributed by atoms with Crippen LogP contribution in [-0.2, 0) is 11.3 Å². The molecule has 3 heterocycles. The quantitative estimate of drug-likeness (QED) is 0.582. The number of benzene rings is 2. The molecule has 1 atom stereocenters. The van der Waals surface area contributed by atoms with Crippen molar-refractivity contribution in [2.75, 3.05) is 26.2 Å². The second-order valence-corrected chi connectivity index (χ2v) is 9.44. The number of hydrogen-bond acceptors (Lipinski definition) is 4. The van der Waals surface area contributed by atoms with E-state index in [0.29, 0.717) is 0 Å². The van der Waals surface area contributed by atoms with E-state index in [1.807, 2.05) is 21.7 Å². The van der Waals surface area contributed by atoms with Crippen molar-refractivity contribution in [3.63, 3.8) is 0 Å². The molecule has 2 saturated heterocycles. The van der Waals surface area contributed by atoms with Crippen molar-refractivity contribution in [2.24, 2.45) is 0 Å². The van der Waals surface area contributed by atoms with Crippen LogP contribution in [0.25, 0.3) is 0 Å². The van der Waals surface area contributed by atoms with E-state index < -0.39 is 0 Å². The predicted molar refractivity (Wildman–Crippen MR) is 124 cm³/mol. The molecule has 0 unspecified atom stereocenters. The van der Waals surface area contributed by atoms with E-state index in [2.05, 4.69) is 65.6 Å². The van der Waals surface area contributed by atoms with Crippen molar-refractivity contribution in [2.45, 2.75) is 31.1 Å². The molecule has 5 rings (SSSR count). The first kappa shape index (κ1) is 20.4. The highest BCUT2D eigenvalue weighted by Gasteiger charge is 2.44. The number of piperidine rings is 1. The first-order valence-corrected chi connectivity index (χ1v) is 12.0. The van der Waals surface area contributed by atoms with E-state index >= 15 is 0 Å². The Morgan fingerprint density at radius 2 is 1.71 bits per heavy atom. The minimum absolute atomic E-state index is 0.0535. The van der Waals surface area contributed by atoms with Crippen LogP contribution < -0.4 is 0 Å². The number of carbonyl (C=O) groups excluding carboxylic acids is 1. The molecule has 2 aliphatic heterocycles. The summed E-state index contributed by atoms with van der Waals surface area (Å²) >= 11 is 1.57. The number of nitrogens with zero attached hydrogens (tertiary/aromatic N) is 2. The van der Waals surface area contributed by atoms with E-state index in [1.54, 1.807) is 11.3 Å². The van der Waals surface area contributed by atoms with E-state index in [4.69, 9.17) is 4.74 Å². The molecule has 1 spiro atoms. The molecule has 160 valence electrons. The van der Waals surface area contributed by atoms with Crippen LogP contribution in [-0.4, -0.2) is 47.5 Å². The standard InChI is InChI=1S/C26H28N2O2S/c29-25(23-11-16-31-19-23)28-14-12-26(13-15-28)20-27(17-21-7-3-1-4-8-21)18-24(30-26)22-9-5-2-6-10-22/h1-11,16,19,24H,12-15,17-18,20H2/t24-/m1/s1. The number of thiophene rings is 1. The fraction of sp³-hybridized carbons (Fsp3) is 0.346. The van der Waals surface area contributed by atoms with Gasteiger partial charge in [0.25, 0.3) is 5.91 Å². The van der Waals surface area contributed by atoms with Gasteiger partial charge in [-0.05, 0) is 35.4 Å². The fourth-order valence-corrected chi connectivity index (χ4v) is 5.48. The second-order valence-electron chi connectivity index (χ2n) is 8.66. The maximum absolute atomic E-state index is 12.8. The van der Waals surface area contributed by atoms with Crippen molar-refractivity contribution in [3.05, 3.63) is 94.2 Å². The van der Waals surface area contributed by atoms with Crippen LogP contribution in [0.2, 0.25) is 0 Å². The monoisotopic (exact) mass is 432 g/mol. The largest absolute Gasteiger partial charge is 0.364 e. The lowest BCUT2D eigenvalue weighted by molar-refractivity contribution is -0.177. The zero-order valence-corrected chi connectivity index (χ0v) is 18.5. The normalized spacial score (nSPS) is 21.3. The summed E-state index contributed by atoms with van der Waals surface area (Å²) < 4.78 is 6.81. The number of morpholine rings is 1. The maximum Gasteiger partial charge on any atom is 0.254 e. The van der Waals surface area contributed by atoms with Crippen molar-refractivity contribution < 1.29 is 9.53 Å². The molecule has 1 aromatic heterocycles. The Labute approximate surface area is 188 Å². The molecule has 2 aliphatic rings. The van der Waals surface area contributed by atoms with Gasteiger partial charge < -0.3 is 9.64 Å². The van der Waals surface area contributed by atoms with Crippen molar-refractivity contribution >= 4 is 17.2 Å². The van der Waals surface area contributed by atoms with E-state index in [9.17, 15) is 4.79 Å². The smallest absolute Gasteiger partial charge is 0.254 e. The summed E-state index contributed by atoms with van der Waals surface area (Å²) in [6.07, 6.45) is 1.80. The van der Waals surface area contributed by atoms with Crippen LogP contribution >= 0.6 is 11.3 Å². The van der Waals surface area contributed by atoms with Gasteiger partial charge in [-0.25, -0.2) is 0 Å². The topological polar surface area (TPSA) is 32.8 Å². The number of carbonyl (C=O) groups is 1. The highest BCUT2D eigenvalue weighted by atomic mass is 32.1. The minimum Gasteiger partial charge on any atom is -0.364 e. The lowest BCUT2D eigenvalue weighted by Crippen LogP contribution is -2.57. The van der Waals surface area contributed by atoms with Gasteiger partial charge in [-0.15, -0.1) is 0 Å². The van der Waals surface area contributed by atoms with Crippen LogP contribution in [0.1, 0.15) is 40.4 Å². The number of rotatable bonds is 4. The van der Waals surface area contributed by atoms with Gasteiger partial charge in [0.05, 0.1) is 17.3 Å². The summed E-state index contributed by atoms with van der Waals surface area (Å²) in [6.45, 7) is 4.21. The van der Waals surface area contributed by atoms with Crippen LogP contribution in [0.4, 0.5) is 0 Å². The Morgan fingerprint density at radius 1 is 1.00 bits per heavy atom. The molecular formula is C26H28N2O2S. The van der Waals surface area contributed by atoms with Crippen LogP contribution in [0.5, 0.6) is 0 Å². The molecular weight excluding hydrogens is 404 g/mol. The SMILES string of the molecule is O=C(c1ccsc1)N1CCC2(CC1)CN(Cc1ccccc1)C[C@H](c1ccccc1)O2. The van der Waals surface area contributed by atoms with Gasteiger partial charge in [0.1, 0.15) is 0 Å². The highest BCUT2D eigenvalue weighted by molar-refractivity contribution is 7.08. The number of likely N-dealkylation sites (tertiary alicyclic amines) is 1. The van der Waals surface area contributed by atoms with Crippen molar-refractivity contribution in [1.82, 2.24) is 9.80 Å². The zero-order valence-electron chi connectivity index (χ0n) is 17.7. The molecule has 0 N–H and O–H groups in total. The third-order valence-electron chi connectivity index (χ3n) is 6.48. The van der Waals surface area contributed by atoms with E-state index in [0.717, 1.165) is 51.1 Å². The van der Waals surface area contributed by atoms with Gasteiger partial charge in [0.15, 0.2) is 0 Å². The molecule has 1 amide bonds. The van der Waals surface area contributed by atoms with Gasteiger partial charge in [-0.2, -0.15) is 11.3 Å². The third-order valence-corrected chi connectivity index (χ3v) is 7.16.